The smallest absolute Gasteiger partial charge is 0.241 e. The first-order chi connectivity index (χ1) is 11.6. The van der Waals surface area contributed by atoms with Gasteiger partial charge in [-0.3, -0.25) is 0 Å². The van der Waals surface area contributed by atoms with E-state index in [2.05, 4.69) is 20.7 Å². The maximum absolute atomic E-state index is 12.6. The van der Waals surface area contributed by atoms with Crippen LogP contribution in [0, 0.1) is 0 Å². The Kier molecular flexibility index (Phi) is 5.18. The highest BCUT2D eigenvalue weighted by Gasteiger charge is 2.17. The van der Waals surface area contributed by atoms with Gasteiger partial charge in [0.25, 0.3) is 0 Å². The van der Waals surface area contributed by atoms with E-state index in [-0.39, 0.29) is 18.0 Å². The average Bonchev–Trinajstić information content (AvgIpc) is 2.60. The van der Waals surface area contributed by atoms with Crippen molar-refractivity contribution in [2.75, 3.05) is 13.2 Å². The molecule has 3 aromatic rings. The minimum Gasteiger partial charge on any atom is -0.492 e. The number of nitrogens with one attached hydrogen (secondary N) is 1. The molecule has 0 aliphatic carbocycles. The first kappa shape index (κ1) is 17.0. The fourth-order valence-electron chi connectivity index (χ4n) is 2.41. The van der Waals surface area contributed by atoms with E-state index in [9.17, 15) is 8.42 Å². The number of sulfonamides is 1. The fourth-order valence-corrected chi connectivity index (χ4v) is 4.11. The molecule has 0 aliphatic rings. The molecule has 3 rings (SSSR count). The molecule has 1 N–H and O–H groups in total. The molecule has 3 aromatic carbocycles. The van der Waals surface area contributed by atoms with Gasteiger partial charge in [-0.15, -0.1) is 0 Å². The van der Waals surface area contributed by atoms with Crippen molar-refractivity contribution in [2.45, 2.75) is 4.90 Å². The second kappa shape index (κ2) is 7.34. The number of ether oxygens (including phenoxy) is 1. The van der Waals surface area contributed by atoms with E-state index >= 15 is 0 Å². The van der Waals surface area contributed by atoms with Crippen molar-refractivity contribution in [3.05, 3.63) is 71.2 Å². The van der Waals surface area contributed by atoms with Crippen molar-refractivity contribution in [1.29, 1.82) is 0 Å². The Hall–Kier alpha value is -1.89. The highest BCUT2D eigenvalue weighted by molar-refractivity contribution is 9.10. The number of rotatable bonds is 6. The molecule has 24 heavy (non-hydrogen) atoms. The summed E-state index contributed by atoms with van der Waals surface area (Å²) in [5.41, 5.74) is 0. The van der Waals surface area contributed by atoms with Gasteiger partial charge in [0.1, 0.15) is 12.4 Å². The van der Waals surface area contributed by atoms with Crippen LogP contribution in [0.1, 0.15) is 0 Å². The Morgan fingerprint density at radius 1 is 0.875 bits per heavy atom. The van der Waals surface area contributed by atoms with Gasteiger partial charge in [-0.25, -0.2) is 13.1 Å². The monoisotopic (exact) mass is 405 g/mol. The zero-order chi connectivity index (χ0) is 17.0. The summed E-state index contributed by atoms with van der Waals surface area (Å²) >= 11 is 3.45. The topological polar surface area (TPSA) is 55.4 Å². The maximum atomic E-state index is 12.6. The normalized spacial score (nSPS) is 11.5. The van der Waals surface area contributed by atoms with Crippen LogP contribution in [0.15, 0.2) is 76.1 Å². The zero-order valence-corrected chi connectivity index (χ0v) is 15.2. The molecule has 0 heterocycles. The van der Waals surface area contributed by atoms with Crippen molar-refractivity contribution >= 4 is 36.7 Å². The lowest BCUT2D eigenvalue weighted by Gasteiger charge is -2.11. The quantitative estimate of drug-likeness (QED) is 0.631. The van der Waals surface area contributed by atoms with Gasteiger partial charge in [0, 0.05) is 16.4 Å². The van der Waals surface area contributed by atoms with Gasteiger partial charge in [0.15, 0.2) is 0 Å². The first-order valence-electron chi connectivity index (χ1n) is 7.43. The molecule has 0 saturated carbocycles. The molecule has 0 radical (unpaired) electrons. The molecule has 0 atom stereocenters. The number of benzene rings is 3. The van der Waals surface area contributed by atoms with Gasteiger partial charge in [-0.05, 0) is 29.7 Å². The van der Waals surface area contributed by atoms with E-state index in [4.69, 9.17) is 4.74 Å². The summed E-state index contributed by atoms with van der Waals surface area (Å²) in [5, 5.41) is 1.55. The fraction of sp³-hybridized carbons (Fsp3) is 0.111. The van der Waals surface area contributed by atoms with Crippen LogP contribution < -0.4 is 9.46 Å². The molecule has 4 nitrogen and oxygen atoms in total. The van der Waals surface area contributed by atoms with E-state index in [0.29, 0.717) is 11.1 Å². The molecule has 0 spiro atoms. The largest absolute Gasteiger partial charge is 0.492 e. The van der Waals surface area contributed by atoms with Crippen molar-refractivity contribution < 1.29 is 13.2 Å². The average molecular weight is 406 g/mol. The summed E-state index contributed by atoms with van der Waals surface area (Å²) in [6.45, 7) is 0.458. The minimum atomic E-state index is -3.61. The van der Waals surface area contributed by atoms with Gasteiger partial charge in [-0.1, -0.05) is 58.4 Å². The lowest BCUT2D eigenvalue weighted by atomic mass is 10.1. The van der Waals surface area contributed by atoms with Crippen molar-refractivity contribution in [3.63, 3.8) is 0 Å². The van der Waals surface area contributed by atoms with E-state index in [1.807, 2.05) is 48.5 Å². The van der Waals surface area contributed by atoms with Gasteiger partial charge in [-0.2, -0.15) is 0 Å². The maximum Gasteiger partial charge on any atom is 0.241 e. The summed E-state index contributed by atoms with van der Waals surface area (Å²) in [5.74, 6) is 0.714. The molecule has 0 unspecified atom stereocenters. The SMILES string of the molecule is O=S(=O)(NCCOc1ccccc1)c1ccc(Br)c2ccccc12. The molecule has 0 amide bonds. The third-order valence-corrected chi connectivity index (χ3v) is 5.74. The van der Waals surface area contributed by atoms with Gasteiger partial charge in [0.05, 0.1) is 4.90 Å². The standard InChI is InChI=1S/C18H16BrNO3S/c19-17-10-11-18(16-9-5-4-8-15(16)17)24(21,22)20-12-13-23-14-6-2-1-3-7-14/h1-11,20H,12-13H2. The van der Waals surface area contributed by atoms with Crippen LogP contribution in [0.2, 0.25) is 0 Å². The number of para-hydroxylation sites is 1. The number of fused-ring (bicyclic) bond motifs is 1. The highest BCUT2D eigenvalue weighted by atomic mass is 79.9. The predicted molar refractivity (Wildman–Crippen MR) is 98.8 cm³/mol. The van der Waals surface area contributed by atoms with E-state index in [1.165, 1.54) is 0 Å². The highest BCUT2D eigenvalue weighted by Crippen LogP contribution is 2.29. The molecule has 0 aromatic heterocycles. The summed E-state index contributed by atoms with van der Waals surface area (Å²) in [6, 6.07) is 20.0. The van der Waals surface area contributed by atoms with Crippen LogP contribution >= 0.6 is 15.9 Å². The van der Waals surface area contributed by atoms with Crippen LogP contribution in [0.3, 0.4) is 0 Å². The second-order valence-electron chi connectivity index (χ2n) is 5.15. The van der Waals surface area contributed by atoms with Crippen molar-refractivity contribution in [2.24, 2.45) is 0 Å². The lowest BCUT2D eigenvalue weighted by Crippen LogP contribution is -2.28. The first-order valence-corrected chi connectivity index (χ1v) is 9.70. The molecule has 0 aliphatic heterocycles. The minimum absolute atomic E-state index is 0.196. The number of hydrogen-bond donors (Lipinski definition) is 1. The van der Waals surface area contributed by atoms with E-state index < -0.39 is 10.0 Å². The molecule has 0 bridgehead atoms. The number of halogens is 1. The Balaban J connectivity index is 1.73. The lowest BCUT2D eigenvalue weighted by molar-refractivity contribution is 0.323. The Bertz CT molecular complexity index is 943. The summed E-state index contributed by atoms with van der Waals surface area (Å²) < 4.78 is 34.1. The molecule has 6 heteroatoms. The van der Waals surface area contributed by atoms with Crippen LogP contribution in [0.5, 0.6) is 5.75 Å². The van der Waals surface area contributed by atoms with Crippen LogP contribution in [0.4, 0.5) is 0 Å². The van der Waals surface area contributed by atoms with Crippen molar-refractivity contribution in [3.8, 4) is 5.75 Å². The second-order valence-corrected chi connectivity index (χ2v) is 7.74. The summed E-state index contributed by atoms with van der Waals surface area (Å²) in [4.78, 5) is 0.265. The van der Waals surface area contributed by atoms with Crippen LogP contribution in [-0.2, 0) is 10.0 Å². The molecule has 0 saturated heterocycles. The molecule has 124 valence electrons. The van der Waals surface area contributed by atoms with Crippen LogP contribution in [-0.4, -0.2) is 21.6 Å². The third kappa shape index (κ3) is 3.77. The molecular weight excluding hydrogens is 390 g/mol. The summed E-state index contributed by atoms with van der Waals surface area (Å²) in [7, 11) is -3.61. The number of hydrogen-bond acceptors (Lipinski definition) is 3. The Morgan fingerprint density at radius 3 is 2.29 bits per heavy atom. The Morgan fingerprint density at radius 2 is 1.54 bits per heavy atom. The molecule has 0 fully saturated rings. The van der Waals surface area contributed by atoms with Gasteiger partial charge in [0.2, 0.25) is 10.0 Å². The predicted octanol–water partition coefficient (Wildman–Crippen LogP) is 3.96. The van der Waals surface area contributed by atoms with E-state index in [1.54, 1.807) is 18.2 Å². The van der Waals surface area contributed by atoms with Gasteiger partial charge < -0.3 is 4.74 Å². The van der Waals surface area contributed by atoms with Crippen LogP contribution in [0.25, 0.3) is 10.8 Å². The van der Waals surface area contributed by atoms with Crippen molar-refractivity contribution in [1.82, 2.24) is 4.72 Å². The third-order valence-electron chi connectivity index (χ3n) is 3.53. The van der Waals surface area contributed by atoms with Gasteiger partial charge >= 0.3 is 0 Å². The van der Waals surface area contributed by atoms with E-state index in [0.717, 1.165) is 9.86 Å². The molecular formula is C18H16BrNO3S. The zero-order valence-electron chi connectivity index (χ0n) is 12.8. The Labute approximate surface area is 149 Å². The summed E-state index contributed by atoms with van der Waals surface area (Å²) in [6.07, 6.45) is 0.